The SMILES string of the molecule is C=C[C@H]1[C@H]2OC[C@]1(COP(O)(O)=S)O[C@H]2n1cnc2c(=O)[nH]c(N)nc21. The average Bonchev–Trinajstić information content (AvgIpc) is 3.21. The van der Waals surface area contributed by atoms with Crippen molar-refractivity contribution in [2.75, 3.05) is 18.9 Å². The number of ether oxygens (including phenoxy) is 2. The van der Waals surface area contributed by atoms with Gasteiger partial charge in [0.1, 0.15) is 11.7 Å². The highest BCUT2D eigenvalue weighted by Crippen LogP contribution is 2.52. The van der Waals surface area contributed by atoms with Gasteiger partial charge in [0.15, 0.2) is 17.4 Å². The van der Waals surface area contributed by atoms with Gasteiger partial charge in [0.05, 0.1) is 19.5 Å². The molecule has 2 fully saturated rings. The summed E-state index contributed by atoms with van der Waals surface area (Å²) in [5.74, 6) is -0.348. The van der Waals surface area contributed by atoms with Crippen molar-refractivity contribution in [1.82, 2.24) is 19.5 Å². The van der Waals surface area contributed by atoms with E-state index >= 15 is 0 Å². The Morgan fingerprint density at radius 2 is 2.42 bits per heavy atom. The summed E-state index contributed by atoms with van der Waals surface area (Å²) >= 11 is 4.51. The molecule has 0 radical (unpaired) electrons. The van der Waals surface area contributed by atoms with Crippen LogP contribution >= 0.6 is 6.72 Å². The van der Waals surface area contributed by atoms with E-state index in [9.17, 15) is 14.6 Å². The first-order chi connectivity index (χ1) is 12.2. The topological polar surface area (TPSA) is 158 Å². The monoisotopic (exact) mass is 401 g/mol. The van der Waals surface area contributed by atoms with Crippen LogP contribution in [0.3, 0.4) is 0 Å². The third-order valence-electron chi connectivity index (χ3n) is 4.57. The maximum Gasteiger partial charge on any atom is 0.321 e. The van der Waals surface area contributed by atoms with Crippen LogP contribution in [-0.4, -0.2) is 54.2 Å². The molecular weight excluding hydrogens is 385 g/mol. The van der Waals surface area contributed by atoms with E-state index in [-0.39, 0.29) is 36.2 Å². The molecule has 13 heteroatoms. The maximum atomic E-state index is 12.0. The summed E-state index contributed by atoms with van der Waals surface area (Å²) in [7, 11) is 0. The van der Waals surface area contributed by atoms with Crippen molar-refractivity contribution < 1.29 is 23.8 Å². The molecule has 140 valence electrons. The lowest BCUT2D eigenvalue weighted by Crippen LogP contribution is -2.41. The zero-order chi connectivity index (χ0) is 18.7. The number of H-pyrrole nitrogens is 1. The second-order valence-corrected chi connectivity index (χ2v) is 8.82. The number of nitrogens with zero attached hydrogens (tertiary/aromatic N) is 3. The molecule has 0 saturated carbocycles. The first kappa shape index (κ1) is 17.7. The van der Waals surface area contributed by atoms with Gasteiger partial charge >= 0.3 is 6.72 Å². The van der Waals surface area contributed by atoms with Gasteiger partial charge in [-0.15, -0.1) is 6.58 Å². The van der Waals surface area contributed by atoms with Crippen LogP contribution in [0, 0.1) is 5.92 Å². The third-order valence-corrected chi connectivity index (χ3v) is 5.36. The van der Waals surface area contributed by atoms with Crippen molar-refractivity contribution in [3.8, 4) is 0 Å². The fraction of sp³-hybridized carbons (Fsp3) is 0.462. The van der Waals surface area contributed by atoms with Crippen molar-refractivity contribution in [3.63, 3.8) is 0 Å². The molecule has 0 unspecified atom stereocenters. The minimum absolute atomic E-state index is 0.0482. The lowest BCUT2D eigenvalue weighted by molar-refractivity contribution is -0.181. The number of aromatic nitrogens is 4. The van der Waals surface area contributed by atoms with Crippen molar-refractivity contribution in [2.24, 2.45) is 5.92 Å². The summed E-state index contributed by atoms with van der Waals surface area (Å²) in [6.45, 7) is -0.0554. The van der Waals surface area contributed by atoms with Gasteiger partial charge < -0.3 is 29.5 Å². The van der Waals surface area contributed by atoms with E-state index in [4.69, 9.17) is 19.7 Å². The average molecular weight is 401 g/mol. The Hall–Kier alpha value is -1.66. The van der Waals surface area contributed by atoms with Gasteiger partial charge in [0.2, 0.25) is 5.95 Å². The molecule has 4 rings (SSSR count). The normalized spacial score (nSPS) is 30.9. The van der Waals surface area contributed by atoms with E-state index in [0.29, 0.717) is 0 Å². The first-order valence-corrected chi connectivity index (χ1v) is 10.2. The Morgan fingerprint density at radius 1 is 1.65 bits per heavy atom. The molecule has 2 aromatic heterocycles. The molecule has 2 bridgehead atoms. The Morgan fingerprint density at radius 3 is 3.12 bits per heavy atom. The molecule has 5 N–H and O–H groups in total. The zero-order valence-electron chi connectivity index (χ0n) is 13.3. The number of nitrogen functional groups attached to an aromatic ring is 1. The number of hydrogen-bond donors (Lipinski definition) is 4. The number of anilines is 1. The van der Waals surface area contributed by atoms with Crippen LogP contribution in [0.25, 0.3) is 11.2 Å². The fourth-order valence-electron chi connectivity index (χ4n) is 3.47. The van der Waals surface area contributed by atoms with Gasteiger partial charge in [-0.25, -0.2) is 4.98 Å². The number of aromatic amines is 1. The third kappa shape index (κ3) is 2.70. The Balaban J connectivity index is 1.73. The summed E-state index contributed by atoms with van der Waals surface area (Å²) in [5.41, 5.74) is 4.54. The Labute approximate surface area is 151 Å². The van der Waals surface area contributed by atoms with Gasteiger partial charge in [-0.05, 0) is 11.8 Å². The highest BCUT2D eigenvalue weighted by atomic mass is 32.5. The van der Waals surface area contributed by atoms with E-state index in [2.05, 4.69) is 33.3 Å². The van der Waals surface area contributed by atoms with E-state index in [1.165, 1.54) is 6.33 Å². The van der Waals surface area contributed by atoms with E-state index in [0.717, 1.165) is 0 Å². The summed E-state index contributed by atoms with van der Waals surface area (Å²) in [5, 5.41) is 0. The van der Waals surface area contributed by atoms with Gasteiger partial charge in [-0.1, -0.05) is 6.08 Å². The predicted octanol–water partition coefficient (Wildman–Crippen LogP) is -0.604. The van der Waals surface area contributed by atoms with Gasteiger partial charge in [-0.3, -0.25) is 14.3 Å². The Kier molecular flexibility index (Phi) is 4.04. The van der Waals surface area contributed by atoms with Crippen molar-refractivity contribution in [1.29, 1.82) is 0 Å². The van der Waals surface area contributed by atoms with Crippen LogP contribution in [0.2, 0.25) is 0 Å². The predicted molar refractivity (Wildman–Crippen MR) is 93.5 cm³/mol. The molecule has 2 aliphatic heterocycles. The minimum Gasteiger partial charge on any atom is -0.370 e. The van der Waals surface area contributed by atoms with E-state index < -0.39 is 30.2 Å². The molecule has 2 aliphatic rings. The summed E-state index contributed by atoms with van der Waals surface area (Å²) in [6.07, 6.45) is 1.95. The van der Waals surface area contributed by atoms with Crippen LogP contribution in [0.15, 0.2) is 23.8 Å². The number of nitrogens with two attached hydrogens (primary N) is 1. The zero-order valence-corrected chi connectivity index (χ0v) is 15.0. The summed E-state index contributed by atoms with van der Waals surface area (Å²) < 4.78 is 18.5. The largest absolute Gasteiger partial charge is 0.370 e. The van der Waals surface area contributed by atoms with Crippen LogP contribution in [-0.2, 0) is 25.8 Å². The van der Waals surface area contributed by atoms with E-state index in [1.807, 2.05) is 0 Å². The fourth-order valence-corrected chi connectivity index (χ4v) is 4.02. The minimum atomic E-state index is -3.85. The van der Waals surface area contributed by atoms with E-state index in [1.54, 1.807) is 10.6 Å². The van der Waals surface area contributed by atoms with Gasteiger partial charge in [-0.2, -0.15) is 4.98 Å². The quantitative estimate of drug-likeness (QED) is 0.376. The number of nitrogens with one attached hydrogen (secondary N) is 1. The molecule has 11 nitrogen and oxygen atoms in total. The second kappa shape index (κ2) is 5.92. The lowest BCUT2D eigenvalue weighted by Gasteiger charge is -2.31. The number of fused-ring (bicyclic) bond motifs is 3. The molecule has 0 amide bonds. The van der Waals surface area contributed by atoms with Crippen LogP contribution in [0.4, 0.5) is 5.95 Å². The molecule has 26 heavy (non-hydrogen) atoms. The summed E-state index contributed by atoms with van der Waals surface area (Å²) in [6, 6.07) is 0. The van der Waals surface area contributed by atoms with Crippen molar-refractivity contribution in [2.45, 2.75) is 17.9 Å². The molecule has 2 saturated heterocycles. The number of rotatable bonds is 5. The van der Waals surface area contributed by atoms with Crippen molar-refractivity contribution in [3.05, 3.63) is 29.3 Å². The molecule has 0 aromatic carbocycles. The number of hydrogen-bond acceptors (Lipinski definition) is 8. The summed E-state index contributed by atoms with van der Waals surface area (Å²) in [4.78, 5) is 41.3. The molecular formula is C13H16N5O6PS. The van der Waals surface area contributed by atoms with Gasteiger partial charge in [0.25, 0.3) is 5.56 Å². The first-order valence-electron chi connectivity index (χ1n) is 7.58. The van der Waals surface area contributed by atoms with Crippen LogP contribution < -0.4 is 11.3 Å². The molecule has 4 heterocycles. The highest BCUT2D eigenvalue weighted by molar-refractivity contribution is 8.06. The molecule has 0 aliphatic carbocycles. The standard InChI is InChI=1S/C13H16N5O6PS/c1-2-6-8-11(24-13(6,3-22-8)4-23-25(20,21)26)18-5-15-7-9(18)16-12(14)17-10(7)19/h2,5-6,8,11H,1,3-4H2,(H2,20,21,26)(H3,14,16,17,19)/t6-,8+,11+,13+/m0/s1. The molecule has 2 aromatic rings. The van der Waals surface area contributed by atoms with Crippen molar-refractivity contribution >= 4 is 35.6 Å². The maximum absolute atomic E-state index is 12.0. The Bertz CT molecular complexity index is 987. The van der Waals surface area contributed by atoms with Crippen LogP contribution in [0.5, 0.6) is 0 Å². The smallest absolute Gasteiger partial charge is 0.321 e. The highest BCUT2D eigenvalue weighted by Gasteiger charge is 2.61. The lowest BCUT2D eigenvalue weighted by atomic mass is 9.89. The van der Waals surface area contributed by atoms with Crippen LogP contribution in [0.1, 0.15) is 6.23 Å². The number of imidazole rings is 1. The molecule has 4 atom stereocenters. The second-order valence-electron chi connectivity index (χ2n) is 6.15. The molecule has 0 spiro atoms. The van der Waals surface area contributed by atoms with Gasteiger partial charge in [0, 0.05) is 5.92 Å².